The molecular formula is C12H15ClFN3S. The van der Waals surface area contributed by atoms with E-state index in [0.29, 0.717) is 5.02 Å². The zero-order chi connectivity index (χ0) is 12.7. The van der Waals surface area contributed by atoms with Crippen LogP contribution in [0.5, 0.6) is 0 Å². The van der Waals surface area contributed by atoms with Gasteiger partial charge < -0.3 is 4.31 Å². The Hall–Kier alpha value is -0.490. The van der Waals surface area contributed by atoms with Crippen molar-refractivity contribution in [3.63, 3.8) is 0 Å². The molecule has 0 bridgehead atoms. The molecule has 0 saturated carbocycles. The Balaban J connectivity index is 2.12. The summed E-state index contributed by atoms with van der Waals surface area (Å²) < 4.78 is 16.3. The van der Waals surface area contributed by atoms with E-state index in [9.17, 15) is 4.39 Å². The molecule has 2 heterocycles. The van der Waals surface area contributed by atoms with Gasteiger partial charge in [-0.1, -0.05) is 11.6 Å². The normalized spacial score (nSPS) is 19.6. The fourth-order valence-corrected chi connectivity index (χ4v) is 4.03. The minimum absolute atomic E-state index is 0.0894. The molecule has 0 spiro atoms. The van der Waals surface area contributed by atoms with Crippen LogP contribution in [0.4, 0.5) is 10.1 Å². The molecule has 6 heteroatoms. The van der Waals surface area contributed by atoms with Gasteiger partial charge in [0.05, 0.1) is 16.9 Å². The van der Waals surface area contributed by atoms with Gasteiger partial charge in [-0.3, -0.25) is 10.6 Å². The fraction of sp³-hybridized carbons (Fsp3) is 0.500. The van der Waals surface area contributed by atoms with Crippen molar-refractivity contribution >= 4 is 29.2 Å². The lowest BCUT2D eigenvalue weighted by Crippen LogP contribution is -2.24. The number of rotatable bonds is 2. The van der Waals surface area contributed by atoms with Crippen molar-refractivity contribution in [2.45, 2.75) is 18.8 Å². The first kappa shape index (κ1) is 12.5. The maximum atomic E-state index is 14.2. The lowest BCUT2D eigenvalue weighted by Gasteiger charge is -2.20. The van der Waals surface area contributed by atoms with E-state index in [-0.39, 0.29) is 12.0 Å². The number of benzene rings is 1. The van der Waals surface area contributed by atoms with Gasteiger partial charge in [0, 0.05) is 31.0 Å². The first-order valence-electron chi connectivity index (χ1n) is 6.10. The van der Waals surface area contributed by atoms with Crippen LogP contribution in [0.1, 0.15) is 24.2 Å². The highest BCUT2D eigenvalue weighted by Crippen LogP contribution is 2.46. The van der Waals surface area contributed by atoms with Crippen molar-refractivity contribution in [2.24, 2.45) is 0 Å². The smallest absolute Gasteiger partial charge is 0.131 e. The van der Waals surface area contributed by atoms with Crippen LogP contribution in [0.3, 0.4) is 0 Å². The summed E-state index contributed by atoms with van der Waals surface area (Å²) in [6, 6.07) is 1.44. The van der Waals surface area contributed by atoms with Crippen molar-refractivity contribution < 1.29 is 4.39 Å². The first-order chi connectivity index (χ1) is 8.72. The summed E-state index contributed by atoms with van der Waals surface area (Å²) in [5.74, 6) is 0.569. The van der Waals surface area contributed by atoms with Crippen molar-refractivity contribution in [2.75, 3.05) is 23.9 Å². The number of nitrogens with one attached hydrogen (secondary N) is 2. The molecule has 0 aromatic heterocycles. The molecule has 3 nitrogen and oxygen atoms in total. The van der Waals surface area contributed by atoms with Crippen LogP contribution in [0.15, 0.2) is 6.07 Å². The molecule has 3 rings (SSSR count). The van der Waals surface area contributed by atoms with E-state index in [1.54, 1.807) is 11.9 Å². The summed E-state index contributed by atoms with van der Waals surface area (Å²) in [5, 5.41) is 7.06. The van der Waals surface area contributed by atoms with Gasteiger partial charge in [-0.15, -0.1) is 0 Å². The SMILES string of the molecule is CCN1SCc2c(C3NCCN3)c(F)cc(Cl)c21. The van der Waals surface area contributed by atoms with E-state index in [0.717, 1.165) is 42.2 Å². The van der Waals surface area contributed by atoms with Gasteiger partial charge in [-0.25, -0.2) is 4.39 Å². The Morgan fingerprint density at radius 3 is 2.89 bits per heavy atom. The van der Waals surface area contributed by atoms with Crippen LogP contribution < -0.4 is 14.9 Å². The largest absolute Gasteiger partial charge is 0.314 e. The van der Waals surface area contributed by atoms with E-state index in [4.69, 9.17) is 11.6 Å². The summed E-state index contributed by atoms with van der Waals surface area (Å²) in [7, 11) is 0. The molecule has 1 saturated heterocycles. The highest BCUT2D eigenvalue weighted by Gasteiger charge is 2.31. The van der Waals surface area contributed by atoms with Crippen LogP contribution >= 0.6 is 23.5 Å². The molecular weight excluding hydrogens is 273 g/mol. The quantitative estimate of drug-likeness (QED) is 0.818. The Morgan fingerprint density at radius 1 is 1.50 bits per heavy atom. The maximum absolute atomic E-state index is 14.2. The highest BCUT2D eigenvalue weighted by atomic mass is 35.5. The zero-order valence-electron chi connectivity index (χ0n) is 10.1. The summed E-state index contributed by atoms with van der Waals surface area (Å²) in [5.41, 5.74) is 2.74. The minimum Gasteiger partial charge on any atom is -0.314 e. The van der Waals surface area contributed by atoms with E-state index in [1.807, 2.05) is 0 Å². The molecule has 2 aliphatic heterocycles. The molecule has 98 valence electrons. The Bertz CT molecular complexity index is 477. The van der Waals surface area contributed by atoms with Crippen molar-refractivity contribution in [3.05, 3.63) is 28.0 Å². The Labute approximate surface area is 115 Å². The third kappa shape index (κ3) is 1.90. The predicted octanol–water partition coefficient (Wildman–Crippen LogP) is 2.66. The second-order valence-corrected chi connectivity index (χ2v) is 5.79. The van der Waals surface area contributed by atoms with Gasteiger partial charge in [0.2, 0.25) is 0 Å². The molecule has 0 aliphatic carbocycles. The molecule has 1 fully saturated rings. The average molecular weight is 288 g/mol. The Kier molecular flexibility index (Phi) is 3.40. The van der Waals surface area contributed by atoms with Gasteiger partial charge in [0.1, 0.15) is 5.82 Å². The predicted molar refractivity (Wildman–Crippen MR) is 74.5 cm³/mol. The average Bonchev–Trinajstić information content (AvgIpc) is 2.97. The number of halogens is 2. The van der Waals surface area contributed by atoms with E-state index >= 15 is 0 Å². The molecule has 18 heavy (non-hydrogen) atoms. The summed E-state index contributed by atoms with van der Waals surface area (Å²) in [4.78, 5) is 0. The fourth-order valence-electron chi connectivity index (χ4n) is 2.57. The van der Waals surface area contributed by atoms with Crippen LogP contribution in [0, 0.1) is 5.82 Å². The van der Waals surface area contributed by atoms with Crippen LogP contribution in [0.25, 0.3) is 0 Å². The van der Waals surface area contributed by atoms with E-state index < -0.39 is 0 Å². The molecule has 0 atom stereocenters. The summed E-state index contributed by atoms with van der Waals surface area (Å²) in [6.07, 6.45) is -0.0894. The third-order valence-electron chi connectivity index (χ3n) is 3.36. The molecule has 1 aromatic carbocycles. The van der Waals surface area contributed by atoms with Crippen molar-refractivity contribution in [1.29, 1.82) is 0 Å². The van der Waals surface area contributed by atoms with E-state index in [2.05, 4.69) is 21.9 Å². The lowest BCUT2D eigenvalue weighted by atomic mass is 10.0. The molecule has 1 aromatic rings. The zero-order valence-corrected chi connectivity index (χ0v) is 11.7. The van der Waals surface area contributed by atoms with Gasteiger partial charge >= 0.3 is 0 Å². The second-order valence-electron chi connectivity index (χ2n) is 4.39. The molecule has 0 radical (unpaired) electrons. The lowest BCUT2D eigenvalue weighted by molar-refractivity contribution is 0.527. The van der Waals surface area contributed by atoms with Crippen molar-refractivity contribution in [1.82, 2.24) is 10.6 Å². The molecule has 2 aliphatic rings. The number of nitrogens with zero attached hydrogens (tertiary/aromatic N) is 1. The number of hydrogen-bond acceptors (Lipinski definition) is 4. The first-order valence-corrected chi connectivity index (χ1v) is 7.42. The standard InChI is InChI=1S/C12H15ClFN3S/c1-2-17-11-7(6-18-17)10(9(14)5-8(11)13)12-15-3-4-16-12/h5,12,15-16H,2-4,6H2,1H3. The number of hydrogen-bond donors (Lipinski definition) is 2. The van der Waals surface area contributed by atoms with Crippen molar-refractivity contribution in [3.8, 4) is 0 Å². The number of anilines is 1. The van der Waals surface area contributed by atoms with Crippen LogP contribution in [-0.2, 0) is 5.75 Å². The van der Waals surface area contributed by atoms with Crippen LogP contribution in [-0.4, -0.2) is 19.6 Å². The summed E-state index contributed by atoms with van der Waals surface area (Å²) >= 11 is 7.88. The van der Waals surface area contributed by atoms with Gasteiger partial charge in [-0.05, 0) is 30.5 Å². The maximum Gasteiger partial charge on any atom is 0.131 e. The molecule has 0 unspecified atom stereocenters. The van der Waals surface area contributed by atoms with E-state index in [1.165, 1.54) is 6.07 Å². The van der Waals surface area contributed by atoms with Gasteiger partial charge in [0.25, 0.3) is 0 Å². The number of fused-ring (bicyclic) bond motifs is 1. The summed E-state index contributed by atoms with van der Waals surface area (Å²) in [6.45, 7) is 4.68. The monoisotopic (exact) mass is 287 g/mol. The minimum atomic E-state index is -0.218. The Morgan fingerprint density at radius 2 is 2.22 bits per heavy atom. The third-order valence-corrected chi connectivity index (χ3v) is 4.82. The molecule has 2 N–H and O–H groups in total. The topological polar surface area (TPSA) is 27.3 Å². The van der Waals surface area contributed by atoms with Crippen LogP contribution in [0.2, 0.25) is 5.02 Å². The second kappa shape index (κ2) is 4.89. The van der Waals surface area contributed by atoms with Gasteiger partial charge in [-0.2, -0.15) is 0 Å². The highest BCUT2D eigenvalue weighted by molar-refractivity contribution is 8.00. The molecule has 0 amide bonds. The van der Waals surface area contributed by atoms with Gasteiger partial charge in [0.15, 0.2) is 0 Å².